The van der Waals surface area contributed by atoms with Crippen LogP contribution in [0.15, 0.2) is 42.6 Å². The Labute approximate surface area is 119 Å². The number of aliphatic hydroxyl groups is 1. The van der Waals surface area contributed by atoms with Crippen LogP contribution in [0.3, 0.4) is 0 Å². The van der Waals surface area contributed by atoms with Crippen molar-refractivity contribution in [1.82, 2.24) is 10.3 Å². The molecule has 1 unspecified atom stereocenters. The summed E-state index contributed by atoms with van der Waals surface area (Å²) in [6, 6.07) is 12.6. The molecule has 1 aliphatic rings. The second kappa shape index (κ2) is 6.16. The molecule has 2 N–H and O–H groups in total. The molecule has 0 bridgehead atoms. The number of rotatable bonds is 4. The number of nitrogens with one attached hydrogen (secondary N) is 1. The monoisotopic (exact) mass is 268 g/mol. The molecular formula is C17H20N2O. The van der Waals surface area contributed by atoms with Crippen molar-refractivity contribution in [2.24, 2.45) is 0 Å². The molecule has 1 aromatic heterocycles. The summed E-state index contributed by atoms with van der Waals surface area (Å²) in [5.74, 6) is 0. The molecule has 3 heteroatoms. The van der Waals surface area contributed by atoms with Crippen molar-refractivity contribution in [2.45, 2.75) is 38.5 Å². The van der Waals surface area contributed by atoms with Gasteiger partial charge in [-0.15, -0.1) is 0 Å². The number of hydrogen-bond acceptors (Lipinski definition) is 3. The Morgan fingerprint density at radius 1 is 1.20 bits per heavy atom. The van der Waals surface area contributed by atoms with Crippen LogP contribution in [-0.4, -0.2) is 10.1 Å². The second-order valence-electron chi connectivity index (χ2n) is 5.35. The Kier molecular flexibility index (Phi) is 4.09. The maximum atomic E-state index is 9.18. The van der Waals surface area contributed by atoms with E-state index < -0.39 is 0 Å². The summed E-state index contributed by atoms with van der Waals surface area (Å²) in [6.45, 7) is 0.913. The minimum Gasteiger partial charge on any atom is -0.392 e. The lowest BCUT2D eigenvalue weighted by Gasteiger charge is -2.25. The Bertz CT molecular complexity index is 583. The zero-order valence-corrected chi connectivity index (χ0v) is 11.5. The first-order chi connectivity index (χ1) is 9.86. The van der Waals surface area contributed by atoms with Gasteiger partial charge in [0.15, 0.2) is 0 Å². The van der Waals surface area contributed by atoms with Crippen molar-refractivity contribution >= 4 is 0 Å². The summed E-state index contributed by atoms with van der Waals surface area (Å²) in [7, 11) is 0. The van der Waals surface area contributed by atoms with Gasteiger partial charge >= 0.3 is 0 Å². The summed E-state index contributed by atoms with van der Waals surface area (Å²) >= 11 is 0. The Morgan fingerprint density at radius 2 is 2.10 bits per heavy atom. The van der Waals surface area contributed by atoms with Gasteiger partial charge in [-0.2, -0.15) is 0 Å². The van der Waals surface area contributed by atoms with Gasteiger partial charge in [-0.3, -0.25) is 4.98 Å². The fraction of sp³-hybridized carbons (Fsp3) is 0.353. The van der Waals surface area contributed by atoms with Crippen LogP contribution in [0.1, 0.15) is 41.3 Å². The van der Waals surface area contributed by atoms with E-state index in [0.717, 1.165) is 24.9 Å². The van der Waals surface area contributed by atoms with E-state index >= 15 is 0 Å². The normalized spacial score (nSPS) is 17.8. The van der Waals surface area contributed by atoms with E-state index in [1.54, 1.807) is 0 Å². The number of fused-ring (bicyclic) bond motifs is 1. The Balaban J connectivity index is 1.70. The minimum atomic E-state index is 0.0989. The third-order valence-corrected chi connectivity index (χ3v) is 3.92. The Morgan fingerprint density at radius 3 is 3.00 bits per heavy atom. The molecule has 0 radical (unpaired) electrons. The van der Waals surface area contributed by atoms with E-state index in [2.05, 4.69) is 28.5 Å². The first-order valence-electron chi connectivity index (χ1n) is 7.22. The molecule has 0 aliphatic heterocycles. The van der Waals surface area contributed by atoms with E-state index in [9.17, 15) is 5.11 Å². The van der Waals surface area contributed by atoms with E-state index in [-0.39, 0.29) is 6.61 Å². The Hall–Kier alpha value is -1.71. The van der Waals surface area contributed by atoms with Crippen molar-refractivity contribution in [1.29, 1.82) is 0 Å². The fourth-order valence-corrected chi connectivity index (χ4v) is 2.89. The number of aromatic nitrogens is 1. The van der Waals surface area contributed by atoms with E-state index in [0.29, 0.717) is 6.04 Å². The first-order valence-corrected chi connectivity index (χ1v) is 7.22. The number of nitrogens with zero attached hydrogens (tertiary/aromatic N) is 1. The zero-order valence-electron chi connectivity index (χ0n) is 11.5. The molecule has 3 nitrogen and oxygen atoms in total. The summed E-state index contributed by atoms with van der Waals surface area (Å²) in [6.07, 6.45) is 5.38. The SMILES string of the molecule is OCc1cccc(CNC2CCCc3cccnc32)c1. The van der Waals surface area contributed by atoms with Gasteiger partial charge in [0.25, 0.3) is 0 Å². The highest BCUT2D eigenvalue weighted by Crippen LogP contribution is 2.27. The molecule has 0 amide bonds. The van der Waals surface area contributed by atoms with Crippen LogP contribution in [0, 0.1) is 0 Å². The number of hydrogen-bond donors (Lipinski definition) is 2. The van der Waals surface area contributed by atoms with E-state index in [4.69, 9.17) is 0 Å². The van der Waals surface area contributed by atoms with Gasteiger partial charge in [-0.1, -0.05) is 30.3 Å². The average Bonchev–Trinajstić information content (AvgIpc) is 2.53. The third kappa shape index (κ3) is 2.89. The summed E-state index contributed by atoms with van der Waals surface area (Å²) in [5.41, 5.74) is 4.75. The first kappa shape index (κ1) is 13.3. The largest absolute Gasteiger partial charge is 0.392 e. The van der Waals surface area contributed by atoms with Crippen LogP contribution in [0.5, 0.6) is 0 Å². The number of benzene rings is 1. The molecule has 1 heterocycles. The lowest BCUT2D eigenvalue weighted by Crippen LogP contribution is -2.25. The molecule has 2 aromatic rings. The average molecular weight is 268 g/mol. The molecule has 1 atom stereocenters. The predicted molar refractivity (Wildman–Crippen MR) is 79.1 cm³/mol. The molecule has 0 saturated carbocycles. The van der Waals surface area contributed by atoms with Crippen LogP contribution in [0.2, 0.25) is 0 Å². The lowest BCUT2D eigenvalue weighted by atomic mass is 9.92. The van der Waals surface area contributed by atoms with Crippen LogP contribution in [0.25, 0.3) is 0 Å². The number of aryl methyl sites for hydroxylation is 1. The van der Waals surface area contributed by atoms with Gasteiger partial charge < -0.3 is 10.4 Å². The topological polar surface area (TPSA) is 45.1 Å². The molecule has 1 aliphatic carbocycles. The van der Waals surface area contributed by atoms with Crippen LogP contribution >= 0.6 is 0 Å². The molecule has 20 heavy (non-hydrogen) atoms. The van der Waals surface area contributed by atoms with Crippen LogP contribution in [-0.2, 0) is 19.6 Å². The minimum absolute atomic E-state index is 0.0989. The smallest absolute Gasteiger partial charge is 0.0681 e. The van der Waals surface area contributed by atoms with Crippen molar-refractivity contribution in [3.63, 3.8) is 0 Å². The highest BCUT2D eigenvalue weighted by molar-refractivity contribution is 5.26. The van der Waals surface area contributed by atoms with E-state index in [1.807, 2.05) is 24.4 Å². The van der Waals surface area contributed by atoms with Gasteiger partial charge in [-0.25, -0.2) is 0 Å². The highest BCUT2D eigenvalue weighted by atomic mass is 16.3. The predicted octanol–water partition coefficient (Wildman–Crippen LogP) is 2.74. The van der Waals surface area contributed by atoms with Crippen LogP contribution < -0.4 is 5.32 Å². The highest BCUT2D eigenvalue weighted by Gasteiger charge is 2.20. The maximum Gasteiger partial charge on any atom is 0.0681 e. The van der Waals surface area contributed by atoms with Gasteiger partial charge in [0.1, 0.15) is 0 Å². The standard InChI is InChI=1S/C17H20N2O/c20-12-14-5-1-4-13(10-14)11-19-16-8-2-6-15-7-3-9-18-17(15)16/h1,3-5,7,9-10,16,19-20H,2,6,8,11-12H2. The van der Waals surface area contributed by atoms with Gasteiger partial charge in [0, 0.05) is 12.7 Å². The van der Waals surface area contributed by atoms with Crippen molar-refractivity contribution in [3.05, 3.63) is 65.0 Å². The van der Waals surface area contributed by atoms with Crippen molar-refractivity contribution in [3.8, 4) is 0 Å². The summed E-state index contributed by atoms with van der Waals surface area (Å²) in [5, 5.41) is 12.8. The molecule has 0 fully saturated rings. The van der Waals surface area contributed by atoms with Gasteiger partial charge in [0.05, 0.1) is 18.3 Å². The quantitative estimate of drug-likeness (QED) is 0.896. The summed E-state index contributed by atoms with van der Waals surface area (Å²) < 4.78 is 0. The van der Waals surface area contributed by atoms with Gasteiger partial charge in [-0.05, 0) is 42.0 Å². The van der Waals surface area contributed by atoms with Crippen LogP contribution in [0.4, 0.5) is 0 Å². The molecule has 1 aromatic carbocycles. The van der Waals surface area contributed by atoms with Gasteiger partial charge in [0.2, 0.25) is 0 Å². The molecule has 3 rings (SSSR count). The van der Waals surface area contributed by atoms with E-state index in [1.165, 1.54) is 23.2 Å². The molecule has 104 valence electrons. The molecular weight excluding hydrogens is 248 g/mol. The molecule has 0 spiro atoms. The lowest BCUT2D eigenvalue weighted by molar-refractivity contribution is 0.281. The third-order valence-electron chi connectivity index (χ3n) is 3.92. The second-order valence-corrected chi connectivity index (χ2v) is 5.35. The maximum absolute atomic E-state index is 9.18. The fourth-order valence-electron chi connectivity index (χ4n) is 2.89. The number of pyridine rings is 1. The number of aliphatic hydroxyl groups excluding tert-OH is 1. The van der Waals surface area contributed by atoms with Crippen molar-refractivity contribution in [2.75, 3.05) is 0 Å². The van der Waals surface area contributed by atoms with Crippen molar-refractivity contribution < 1.29 is 5.11 Å². The zero-order chi connectivity index (χ0) is 13.8. The molecule has 0 saturated heterocycles. The summed E-state index contributed by atoms with van der Waals surface area (Å²) in [4.78, 5) is 4.54.